The third kappa shape index (κ3) is 4.20. The number of pyridine rings is 1. The van der Waals surface area contributed by atoms with Crippen molar-refractivity contribution in [2.75, 3.05) is 18.5 Å². The Bertz CT molecular complexity index is 527. The fraction of sp³-hybridized carbons (Fsp3) is 0.357. The van der Waals surface area contributed by atoms with Gasteiger partial charge in [-0.2, -0.15) is 0 Å². The third-order valence-electron chi connectivity index (χ3n) is 2.80. The Morgan fingerprint density at radius 2 is 2.21 bits per heavy atom. The lowest BCUT2D eigenvalue weighted by molar-refractivity contribution is 0.725. The van der Waals surface area contributed by atoms with E-state index >= 15 is 0 Å². The van der Waals surface area contributed by atoms with E-state index in [1.165, 1.54) is 10.4 Å². The van der Waals surface area contributed by atoms with Crippen LogP contribution in [-0.4, -0.2) is 18.6 Å². The highest BCUT2D eigenvalue weighted by Gasteiger charge is 2.06. The summed E-state index contributed by atoms with van der Waals surface area (Å²) in [7, 11) is 2.05. The van der Waals surface area contributed by atoms with Crippen LogP contribution >= 0.6 is 22.9 Å². The number of anilines is 1. The maximum absolute atomic E-state index is 5.95. The van der Waals surface area contributed by atoms with Gasteiger partial charge in [0.2, 0.25) is 0 Å². The number of nitrogens with one attached hydrogen (secondary N) is 1. The van der Waals surface area contributed by atoms with Gasteiger partial charge < -0.3 is 10.2 Å². The summed E-state index contributed by atoms with van der Waals surface area (Å²) in [5, 5.41) is 3.32. The summed E-state index contributed by atoms with van der Waals surface area (Å²) in [5.41, 5.74) is 1.25. The topological polar surface area (TPSA) is 28.2 Å². The number of nitrogens with zero attached hydrogens (tertiary/aromatic N) is 2. The molecule has 0 aliphatic rings. The maximum Gasteiger partial charge on any atom is 0.128 e. The van der Waals surface area contributed by atoms with Crippen molar-refractivity contribution in [1.82, 2.24) is 10.3 Å². The Morgan fingerprint density at radius 1 is 1.37 bits per heavy atom. The van der Waals surface area contributed by atoms with Crippen LogP contribution in [0.5, 0.6) is 0 Å². The minimum Gasteiger partial charge on any atom is -0.355 e. The monoisotopic (exact) mass is 295 g/mol. The zero-order chi connectivity index (χ0) is 13.7. The van der Waals surface area contributed by atoms with Gasteiger partial charge in [-0.1, -0.05) is 18.5 Å². The molecule has 0 atom stereocenters. The van der Waals surface area contributed by atoms with Crippen LogP contribution in [-0.2, 0) is 13.1 Å². The molecule has 3 nitrogen and oxygen atoms in total. The molecule has 0 aliphatic heterocycles. The second-order valence-corrected chi connectivity index (χ2v) is 6.16. The van der Waals surface area contributed by atoms with Gasteiger partial charge in [-0.15, -0.1) is 11.3 Å². The number of rotatable bonds is 6. The van der Waals surface area contributed by atoms with Crippen LogP contribution in [0.25, 0.3) is 0 Å². The number of aromatic nitrogens is 1. The minimum absolute atomic E-state index is 0.828. The molecule has 5 heteroatoms. The number of halogens is 1. The van der Waals surface area contributed by atoms with Crippen LogP contribution in [0, 0.1) is 0 Å². The summed E-state index contributed by atoms with van der Waals surface area (Å²) in [6.45, 7) is 4.79. The molecule has 0 saturated carbocycles. The predicted molar refractivity (Wildman–Crippen MR) is 83.1 cm³/mol. The summed E-state index contributed by atoms with van der Waals surface area (Å²) in [6, 6.07) is 8.16. The molecule has 1 N–H and O–H groups in total. The summed E-state index contributed by atoms with van der Waals surface area (Å²) >= 11 is 7.56. The summed E-state index contributed by atoms with van der Waals surface area (Å²) in [4.78, 5) is 7.80. The molecule has 0 unspecified atom stereocenters. The van der Waals surface area contributed by atoms with Crippen LogP contribution < -0.4 is 10.2 Å². The molecule has 2 rings (SSSR count). The van der Waals surface area contributed by atoms with Crippen molar-refractivity contribution in [3.8, 4) is 0 Å². The fourth-order valence-corrected chi connectivity index (χ4v) is 2.94. The van der Waals surface area contributed by atoms with Crippen LogP contribution in [0.3, 0.4) is 0 Å². The first-order valence-electron chi connectivity index (χ1n) is 6.30. The Hall–Kier alpha value is -1.10. The second-order valence-electron chi connectivity index (χ2n) is 4.36. The average molecular weight is 296 g/mol. The molecule has 2 heterocycles. The lowest BCUT2D eigenvalue weighted by atomic mass is 10.2. The zero-order valence-electron chi connectivity index (χ0n) is 11.2. The van der Waals surface area contributed by atoms with Gasteiger partial charge in [0.05, 0.1) is 10.9 Å². The van der Waals surface area contributed by atoms with Crippen molar-refractivity contribution in [3.63, 3.8) is 0 Å². The van der Waals surface area contributed by atoms with Gasteiger partial charge in [-0.05, 0) is 36.4 Å². The van der Waals surface area contributed by atoms with Crippen molar-refractivity contribution in [2.24, 2.45) is 0 Å². The average Bonchev–Trinajstić information content (AvgIpc) is 2.82. The SMILES string of the molecule is CCNCc1ccnc(N(C)Cc2ccc(Cl)s2)c1. The molecular weight excluding hydrogens is 278 g/mol. The first kappa shape index (κ1) is 14.3. The van der Waals surface area contributed by atoms with Crippen molar-refractivity contribution in [1.29, 1.82) is 0 Å². The van der Waals surface area contributed by atoms with Crippen molar-refractivity contribution >= 4 is 28.8 Å². The highest BCUT2D eigenvalue weighted by molar-refractivity contribution is 7.16. The molecule has 0 spiro atoms. The molecule has 0 aliphatic carbocycles. The third-order valence-corrected chi connectivity index (χ3v) is 4.02. The summed E-state index contributed by atoms with van der Waals surface area (Å²) < 4.78 is 0.831. The number of thiophene rings is 1. The molecular formula is C14H18ClN3S. The maximum atomic E-state index is 5.95. The highest BCUT2D eigenvalue weighted by Crippen LogP contribution is 2.23. The van der Waals surface area contributed by atoms with E-state index in [2.05, 4.69) is 34.3 Å². The molecule has 2 aromatic heterocycles. The molecule has 0 bridgehead atoms. The Balaban J connectivity index is 2.03. The molecule has 0 saturated heterocycles. The Labute approximate surface area is 123 Å². The van der Waals surface area contributed by atoms with Gasteiger partial charge in [0, 0.05) is 24.7 Å². The van der Waals surface area contributed by atoms with Crippen LogP contribution in [0.2, 0.25) is 4.34 Å². The van der Waals surface area contributed by atoms with Crippen molar-refractivity contribution < 1.29 is 0 Å². The lowest BCUT2D eigenvalue weighted by Gasteiger charge is -2.18. The number of hydrogen-bond donors (Lipinski definition) is 1. The van der Waals surface area contributed by atoms with E-state index in [0.29, 0.717) is 0 Å². The van der Waals surface area contributed by atoms with E-state index in [9.17, 15) is 0 Å². The quantitative estimate of drug-likeness (QED) is 0.883. The number of hydrogen-bond acceptors (Lipinski definition) is 4. The van der Waals surface area contributed by atoms with E-state index in [-0.39, 0.29) is 0 Å². The minimum atomic E-state index is 0.828. The van der Waals surface area contributed by atoms with Gasteiger partial charge in [0.15, 0.2) is 0 Å². The first-order chi connectivity index (χ1) is 9.19. The van der Waals surface area contributed by atoms with E-state index in [1.54, 1.807) is 11.3 Å². The Morgan fingerprint density at radius 3 is 2.89 bits per heavy atom. The van der Waals surface area contributed by atoms with Crippen molar-refractivity contribution in [2.45, 2.75) is 20.0 Å². The van der Waals surface area contributed by atoms with E-state index in [1.807, 2.05) is 25.4 Å². The van der Waals surface area contributed by atoms with Gasteiger partial charge in [-0.25, -0.2) is 4.98 Å². The second kappa shape index (κ2) is 6.89. The van der Waals surface area contributed by atoms with E-state index in [4.69, 9.17) is 11.6 Å². The molecule has 0 radical (unpaired) electrons. The molecule has 19 heavy (non-hydrogen) atoms. The lowest BCUT2D eigenvalue weighted by Crippen LogP contribution is -2.18. The molecule has 2 aromatic rings. The largest absolute Gasteiger partial charge is 0.355 e. The first-order valence-corrected chi connectivity index (χ1v) is 7.49. The standard InChI is InChI=1S/C14H18ClN3S/c1-3-16-9-11-6-7-17-14(8-11)18(2)10-12-4-5-13(15)19-12/h4-8,16H,3,9-10H2,1-2H3. The Kier molecular flexibility index (Phi) is 5.19. The fourth-order valence-electron chi connectivity index (χ4n) is 1.80. The summed E-state index contributed by atoms with van der Waals surface area (Å²) in [5.74, 6) is 0.986. The van der Waals surface area contributed by atoms with Crippen LogP contribution in [0.1, 0.15) is 17.4 Å². The molecule has 102 valence electrons. The van der Waals surface area contributed by atoms with E-state index in [0.717, 1.165) is 29.8 Å². The zero-order valence-corrected chi connectivity index (χ0v) is 12.8. The van der Waals surface area contributed by atoms with E-state index < -0.39 is 0 Å². The van der Waals surface area contributed by atoms with Gasteiger partial charge in [-0.3, -0.25) is 0 Å². The molecule has 0 aromatic carbocycles. The smallest absolute Gasteiger partial charge is 0.128 e. The summed E-state index contributed by atoms with van der Waals surface area (Å²) in [6.07, 6.45) is 1.86. The highest BCUT2D eigenvalue weighted by atomic mass is 35.5. The van der Waals surface area contributed by atoms with Gasteiger partial charge >= 0.3 is 0 Å². The van der Waals surface area contributed by atoms with Crippen LogP contribution in [0.4, 0.5) is 5.82 Å². The predicted octanol–water partition coefficient (Wildman–Crippen LogP) is 3.54. The van der Waals surface area contributed by atoms with Gasteiger partial charge in [0.25, 0.3) is 0 Å². The van der Waals surface area contributed by atoms with Gasteiger partial charge in [0.1, 0.15) is 5.82 Å². The molecule has 0 fully saturated rings. The normalized spacial score (nSPS) is 10.7. The molecule has 0 amide bonds. The van der Waals surface area contributed by atoms with Crippen LogP contribution in [0.15, 0.2) is 30.5 Å². The van der Waals surface area contributed by atoms with Crippen molar-refractivity contribution in [3.05, 3.63) is 45.2 Å².